The van der Waals surface area contributed by atoms with Crippen LogP contribution in [0.25, 0.3) is 5.69 Å². The molecule has 8 heteroatoms. The predicted molar refractivity (Wildman–Crippen MR) is 83.8 cm³/mol. The number of hydrogen-bond acceptors (Lipinski definition) is 5. The van der Waals surface area contributed by atoms with Crippen molar-refractivity contribution in [3.05, 3.63) is 42.5 Å². The number of rotatable bonds is 5. The summed E-state index contributed by atoms with van der Waals surface area (Å²) in [5.41, 5.74) is 1.04. The Hall–Kier alpha value is -2.74. The zero-order valence-corrected chi connectivity index (χ0v) is 13.0. The minimum absolute atomic E-state index is 0.223. The molecule has 2 N–H and O–H groups in total. The van der Waals surface area contributed by atoms with Crippen LogP contribution in [0.5, 0.6) is 0 Å². The normalized spacial score (nSPS) is 18.8. The monoisotopic (exact) mass is 330 g/mol. The number of amides is 1. The maximum atomic E-state index is 12.5. The fourth-order valence-electron chi connectivity index (χ4n) is 2.77. The van der Waals surface area contributed by atoms with Crippen molar-refractivity contribution in [3.8, 4) is 5.69 Å². The van der Waals surface area contributed by atoms with Crippen LogP contribution in [0.1, 0.15) is 23.2 Å². The van der Waals surface area contributed by atoms with E-state index in [9.17, 15) is 14.7 Å². The number of carboxylic acids is 1. The first-order valence-corrected chi connectivity index (χ1v) is 7.71. The summed E-state index contributed by atoms with van der Waals surface area (Å²) in [7, 11) is 0. The fourth-order valence-corrected chi connectivity index (χ4v) is 2.77. The Morgan fingerprint density at radius 3 is 2.96 bits per heavy atom. The third kappa shape index (κ3) is 3.60. The van der Waals surface area contributed by atoms with Crippen LogP contribution in [0.4, 0.5) is 0 Å². The molecule has 24 heavy (non-hydrogen) atoms. The van der Waals surface area contributed by atoms with Crippen LogP contribution in [-0.4, -0.2) is 51.0 Å². The third-order valence-corrected chi connectivity index (χ3v) is 4.01. The van der Waals surface area contributed by atoms with Crippen molar-refractivity contribution in [2.75, 3.05) is 13.2 Å². The molecule has 2 heterocycles. The zero-order chi connectivity index (χ0) is 16.9. The molecule has 3 rings (SSSR count). The summed E-state index contributed by atoms with van der Waals surface area (Å²) in [5, 5.41) is 16.1. The van der Waals surface area contributed by atoms with E-state index >= 15 is 0 Å². The van der Waals surface area contributed by atoms with Crippen molar-refractivity contribution in [1.82, 2.24) is 20.1 Å². The highest BCUT2D eigenvalue weighted by atomic mass is 16.5. The highest BCUT2D eigenvalue weighted by Crippen LogP contribution is 2.18. The molecule has 0 aliphatic carbocycles. The van der Waals surface area contributed by atoms with Gasteiger partial charge in [-0.15, -0.1) is 0 Å². The fraction of sp³-hybridized carbons (Fsp3) is 0.375. The van der Waals surface area contributed by atoms with Crippen LogP contribution in [-0.2, 0) is 9.53 Å². The molecule has 0 spiro atoms. The van der Waals surface area contributed by atoms with Gasteiger partial charge in [-0.2, -0.15) is 5.10 Å². The largest absolute Gasteiger partial charge is 0.480 e. The second-order valence-electron chi connectivity index (χ2n) is 5.66. The van der Waals surface area contributed by atoms with Crippen molar-refractivity contribution in [1.29, 1.82) is 0 Å². The van der Waals surface area contributed by atoms with Gasteiger partial charge in [0.2, 0.25) is 0 Å². The van der Waals surface area contributed by atoms with E-state index < -0.39 is 17.9 Å². The zero-order valence-electron chi connectivity index (χ0n) is 13.0. The van der Waals surface area contributed by atoms with Crippen molar-refractivity contribution < 1.29 is 19.4 Å². The summed E-state index contributed by atoms with van der Waals surface area (Å²) in [6.45, 7) is 0.979. The summed E-state index contributed by atoms with van der Waals surface area (Å²) in [5.74, 6) is -1.71. The maximum absolute atomic E-state index is 12.5. The Kier molecular flexibility index (Phi) is 4.85. The van der Waals surface area contributed by atoms with Gasteiger partial charge in [-0.1, -0.05) is 6.07 Å². The van der Waals surface area contributed by atoms with Crippen molar-refractivity contribution in [2.24, 2.45) is 5.92 Å². The number of nitrogens with one attached hydrogen (secondary N) is 1. The van der Waals surface area contributed by atoms with Crippen LogP contribution in [0.15, 0.2) is 36.9 Å². The Morgan fingerprint density at radius 2 is 2.29 bits per heavy atom. The standard InChI is InChI=1S/C16H18N4O4/c21-15(19-14(16(22)23)12-4-2-6-24-8-12)11-3-1-5-13(7-11)20-10-17-9-18-20/h1,3,5,7,9-10,12,14H,2,4,6,8H2,(H,19,21)(H,22,23)/t12-,14-/m0/s1. The van der Waals surface area contributed by atoms with Crippen molar-refractivity contribution in [3.63, 3.8) is 0 Å². The van der Waals surface area contributed by atoms with Crippen LogP contribution in [0.2, 0.25) is 0 Å². The summed E-state index contributed by atoms with van der Waals surface area (Å²) in [6, 6.07) is 5.81. The molecule has 0 bridgehead atoms. The van der Waals surface area contributed by atoms with Gasteiger partial charge in [-0.05, 0) is 31.0 Å². The molecule has 8 nitrogen and oxygen atoms in total. The molecule has 1 amide bonds. The molecule has 1 aromatic heterocycles. The Balaban J connectivity index is 1.75. The molecule has 126 valence electrons. The van der Waals surface area contributed by atoms with Gasteiger partial charge in [0.1, 0.15) is 18.7 Å². The van der Waals surface area contributed by atoms with Gasteiger partial charge >= 0.3 is 5.97 Å². The summed E-state index contributed by atoms with van der Waals surface area (Å²) in [4.78, 5) is 27.9. The smallest absolute Gasteiger partial charge is 0.326 e. The van der Waals surface area contributed by atoms with E-state index in [0.717, 1.165) is 12.8 Å². The van der Waals surface area contributed by atoms with E-state index in [0.29, 0.717) is 24.5 Å². The molecular weight excluding hydrogens is 312 g/mol. The number of hydrogen-bond donors (Lipinski definition) is 2. The van der Waals surface area contributed by atoms with E-state index in [1.807, 2.05) is 0 Å². The minimum Gasteiger partial charge on any atom is -0.480 e. The van der Waals surface area contributed by atoms with Gasteiger partial charge in [-0.3, -0.25) is 4.79 Å². The van der Waals surface area contributed by atoms with E-state index in [-0.39, 0.29) is 5.92 Å². The molecule has 2 aromatic rings. The van der Waals surface area contributed by atoms with Crippen LogP contribution in [0, 0.1) is 5.92 Å². The van der Waals surface area contributed by atoms with E-state index in [2.05, 4.69) is 15.4 Å². The highest BCUT2D eigenvalue weighted by molar-refractivity contribution is 5.97. The van der Waals surface area contributed by atoms with Gasteiger partial charge < -0.3 is 15.2 Å². The van der Waals surface area contributed by atoms with Crippen LogP contribution < -0.4 is 5.32 Å². The number of nitrogens with zero attached hydrogens (tertiary/aromatic N) is 3. The van der Waals surface area contributed by atoms with Crippen molar-refractivity contribution in [2.45, 2.75) is 18.9 Å². The average Bonchev–Trinajstić information content (AvgIpc) is 3.15. The van der Waals surface area contributed by atoms with Crippen LogP contribution in [0.3, 0.4) is 0 Å². The lowest BCUT2D eigenvalue weighted by molar-refractivity contribution is -0.142. The molecule has 1 fully saturated rings. The van der Waals surface area contributed by atoms with Gasteiger partial charge in [0.15, 0.2) is 0 Å². The minimum atomic E-state index is -1.05. The van der Waals surface area contributed by atoms with E-state index in [1.54, 1.807) is 24.3 Å². The van der Waals surface area contributed by atoms with E-state index in [4.69, 9.17) is 4.74 Å². The molecule has 0 saturated carbocycles. The van der Waals surface area contributed by atoms with Gasteiger partial charge in [0.25, 0.3) is 5.91 Å². The van der Waals surface area contributed by atoms with Crippen LogP contribution >= 0.6 is 0 Å². The molecule has 1 aliphatic heterocycles. The number of ether oxygens (including phenoxy) is 1. The Bertz CT molecular complexity index is 711. The topological polar surface area (TPSA) is 106 Å². The average molecular weight is 330 g/mol. The first-order chi connectivity index (χ1) is 11.6. The first-order valence-electron chi connectivity index (χ1n) is 7.71. The second kappa shape index (κ2) is 7.22. The molecule has 2 atom stereocenters. The predicted octanol–water partition coefficient (Wildman–Crippen LogP) is 0.877. The number of aliphatic carboxylic acids is 1. The lowest BCUT2D eigenvalue weighted by atomic mass is 9.93. The molecule has 1 aliphatic rings. The SMILES string of the molecule is O=C(N[C@H](C(=O)O)[C@H]1CCCOC1)c1cccc(-n2cncn2)c1. The molecule has 0 radical (unpaired) electrons. The first kappa shape index (κ1) is 16.1. The van der Waals surface area contributed by atoms with Crippen molar-refractivity contribution >= 4 is 11.9 Å². The number of carbonyl (C=O) groups is 2. The summed E-state index contributed by atoms with van der Waals surface area (Å²) >= 11 is 0. The maximum Gasteiger partial charge on any atom is 0.326 e. The van der Waals surface area contributed by atoms with E-state index in [1.165, 1.54) is 17.3 Å². The molecule has 0 unspecified atom stereocenters. The highest BCUT2D eigenvalue weighted by Gasteiger charge is 2.31. The Morgan fingerprint density at radius 1 is 1.42 bits per heavy atom. The number of aromatic nitrogens is 3. The number of carboxylic acid groups (broad SMARTS) is 1. The third-order valence-electron chi connectivity index (χ3n) is 4.01. The quantitative estimate of drug-likeness (QED) is 0.843. The second-order valence-corrected chi connectivity index (χ2v) is 5.66. The lowest BCUT2D eigenvalue weighted by Crippen LogP contribution is -2.48. The van der Waals surface area contributed by atoms with Gasteiger partial charge in [-0.25, -0.2) is 14.5 Å². The lowest BCUT2D eigenvalue weighted by Gasteiger charge is -2.28. The molecular formula is C16H18N4O4. The Labute approximate surface area is 138 Å². The molecule has 1 aromatic carbocycles. The summed E-state index contributed by atoms with van der Waals surface area (Å²) in [6.07, 6.45) is 4.44. The van der Waals surface area contributed by atoms with Gasteiger partial charge in [0, 0.05) is 18.1 Å². The number of benzene rings is 1. The van der Waals surface area contributed by atoms with Gasteiger partial charge in [0.05, 0.1) is 12.3 Å². The molecule has 1 saturated heterocycles. The number of carbonyl (C=O) groups excluding carboxylic acids is 1. The summed E-state index contributed by atoms with van der Waals surface area (Å²) < 4.78 is 6.86.